The van der Waals surface area contributed by atoms with Crippen LogP contribution >= 0.6 is 0 Å². The highest BCUT2D eigenvalue weighted by Crippen LogP contribution is 2.35. The molecule has 6 heteroatoms. The molecular formula is C26H38N2O4. The lowest BCUT2D eigenvalue weighted by atomic mass is 9.96. The van der Waals surface area contributed by atoms with E-state index in [-0.39, 0.29) is 0 Å². The van der Waals surface area contributed by atoms with Gasteiger partial charge >= 0.3 is 0 Å². The first-order valence-corrected chi connectivity index (χ1v) is 11.4. The fourth-order valence-electron chi connectivity index (χ4n) is 4.38. The SMILES string of the molecule is COc1ccc(CCN(Cc2cc(OC)c(OC)cc2OC)CC2CCN(C)CC2)cc1. The van der Waals surface area contributed by atoms with E-state index in [1.165, 1.54) is 31.5 Å². The van der Waals surface area contributed by atoms with Crippen LogP contribution in [0.5, 0.6) is 23.0 Å². The van der Waals surface area contributed by atoms with Crippen LogP contribution in [-0.4, -0.2) is 71.5 Å². The average Bonchev–Trinajstić information content (AvgIpc) is 2.83. The fourth-order valence-corrected chi connectivity index (χ4v) is 4.38. The topological polar surface area (TPSA) is 43.4 Å². The maximum atomic E-state index is 5.70. The lowest BCUT2D eigenvalue weighted by Gasteiger charge is -2.33. The van der Waals surface area contributed by atoms with Crippen LogP contribution in [0.25, 0.3) is 0 Å². The Hall–Kier alpha value is -2.44. The standard InChI is InChI=1S/C26H38N2O4/c1-27-13-10-21(11-14-27)18-28(15-12-20-6-8-23(29-2)9-7-20)19-22-16-25(31-4)26(32-5)17-24(22)30-3/h6-9,16-17,21H,10-15,18-19H2,1-5H3. The first-order valence-electron chi connectivity index (χ1n) is 11.4. The number of ether oxygens (including phenoxy) is 4. The molecule has 1 aliphatic rings. The highest BCUT2D eigenvalue weighted by atomic mass is 16.5. The van der Waals surface area contributed by atoms with Crippen molar-refractivity contribution in [1.82, 2.24) is 9.80 Å². The zero-order valence-corrected chi connectivity index (χ0v) is 20.2. The van der Waals surface area contributed by atoms with Crippen LogP contribution in [0.15, 0.2) is 36.4 Å². The molecule has 0 N–H and O–H groups in total. The zero-order chi connectivity index (χ0) is 22.9. The van der Waals surface area contributed by atoms with Gasteiger partial charge in [0, 0.05) is 31.3 Å². The molecule has 1 saturated heterocycles. The summed E-state index contributed by atoms with van der Waals surface area (Å²) in [5.74, 6) is 3.87. The lowest BCUT2D eigenvalue weighted by Crippen LogP contribution is -2.37. The third-order valence-corrected chi connectivity index (χ3v) is 6.41. The van der Waals surface area contributed by atoms with Gasteiger partial charge in [0.05, 0.1) is 28.4 Å². The summed E-state index contributed by atoms with van der Waals surface area (Å²) in [6.07, 6.45) is 3.49. The van der Waals surface area contributed by atoms with E-state index in [1.807, 2.05) is 24.3 Å². The van der Waals surface area contributed by atoms with Gasteiger partial charge in [0.15, 0.2) is 11.5 Å². The van der Waals surface area contributed by atoms with E-state index in [1.54, 1.807) is 28.4 Å². The monoisotopic (exact) mass is 442 g/mol. The molecule has 6 nitrogen and oxygen atoms in total. The maximum absolute atomic E-state index is 5.70. The molecule has 0 aromatic heterocycles. The highest BCUT2D eigenvalue weighted by molar-refractivity contribution is 5.50. The van der Waals surface area contributed by atoms with E-state index in [0.717, 1.165) is 48.9 Å². The van der Waals surface area contributed by atoms with Gasteiger partial charge in [-0.2, -0.15) is 0 Å². The average molecular weight is 443 g/mol. The molecule has 3 rings (SSSR count). The van der Waals surface area contributed by atoms with Crippen molar-refractivity contribution in [2.75, 3.05) is 61.7 Å². The van der Waals surface area contributed by atoms with Gasteiger partial charge in [-0.3, -0.25) is 4.90 Å². The summed E-state index contributed by atoms with van der Waals surface area (Å²) in [6, 6.07) is 12.4. The van der Waals surface area contributed by atoms with Crippen LogP contribution in [-0.2, 0) is 13.0 Å². The van der Waals surface area contributed by atoms with E-state index in [0.29, 0.717) is 11.7 Å². The zero-order valence-electron chi connectivity index (χ0n) is 20.2. The molecular weight excluding hydrogens is 404 g/mol. The van der Waals surface area contributed by atoms with Gasteiger partial charge in [0.25, 0.3) is 0 Å². The predicted molar refractivity (Wildman–Crippen MR) is 128 cm³/mol. The predicted octanol–water partition coefficient (Wildman–Crippen LogP) is 4.11. The Morgan fingerprint density at radius 3 is 2.06 bits per heavy atom. The van der Waals surface area contributed by atoms with Gasteiger partial charge in [-0.1, -0.05) is 12.1 Å². The summed E-state index contributed by atoms with van der Waals surface area (Å²) in [5.41, 5.74) is 2.44. The second-order valence-electron chi connectivity index (χ2n) is 8.60. The fraction of sp³-hybridized carbons (Fsp3) is 0.538. The first kappa shape index (κ1) is 24.2. The third kappa shape index (κ3) is 6.53. The van der Waals surface area contributed by atoms with E-state index < -0.39 is 0 Å². The van der Waals surface area contributed by atoms with Crippen molar-refractivity contribution in [1.29, 1.82) is 0 Å². The first-order chi connectivity index (χ1) is 15.6. The van der Waals surface area contributed by atoms with Crippen LogP contribution < -0.4 is 18.9 Å². The van der Waals surface area contributed by atoms with Crippen molar-refractivity contribution in [3.8, 4) is 23.0 Å². The Balaban J connectivity index is 1.76. The Morgan fingerprint density at radius 2 is 1.47 bits per heavy atom. The lowest BCUT2D eigenvalue weighted by molar-refractivity contribution is 0.156. The van der Waals surface area contributed by atoms with E-state index in [9.17, 15) is 0 Å². The molecule has 0 bridgehead atoms. The van der Waals surface area contributed by atoms with Gasteiger partial charge in [-0.25, -0.2) is 0 Å². The summed E-state index contributed by atoms with van der Waals surface area (Å²) >= 11 is 0. The minimum Gasteiger partial charge on any atom is -0.497 e. The van der Waals surface area contributed by atoms with Crippen LogP contribution in [0.1, 0.15) is 24.0 Å². The Kier molecular flexibility index (Phi) is 9.06. The number of hydrogen-bond donors (Lipinski definition) is 0. The van der Waals surface area contributed by atoms with Gasteiger partial charge in [0.2, 0.25) is 0 Å². The number of benzene rings is 2. The number of nitrogens with zero attached hydrogens (tertiary/aromatic N) is 2. The Bertz CT molecular complexity index is 832. The van der Waals surface area contributed by atoms with E-state index >= 15 is 0 Å². The van der Waals surface area contributed by atoms with E-state index in [4.69, 9.17) is 18.9 Å². The third-order valence-electron chi connectivity index (χ3n) is 6.41. The summed E-state index contributed by atoms with van der Waals surface area (Å²) in [5, 5.41) is 0. The number of hydrogen-bond acceptors (Lipinski definition) is 6. The smallest absolute Gasteiger partial charge is 0.164 e. The van der Waals surface area contributed by atoms with Crippen LogP contribution in [0.3, 0.4) is 0 Å². The molecule has 0 aliphatic carbocycles. The van der Waals surface area contributed by atoms with Crippen molar-refractivity contribution in [2.24, 2.45) is 5.92 Å². The molecule has 0 atom stereocenters. The second-order valence-corrected chi connectivity index (χ2v) is 8.60. The summed E-state index contributed by atoms with van der Waals surface area (Å²) in [6.45, 7) is 5.23. The molecule has 2 aromatic carbocycles. The van der Waals surface area contributed by atoms with Gasteiger partial charge < -0.3 is 23.8 Å². The van der Waals surface area contributed by atoms with Crippen molar-refractivity contribution in [3.05, 3.63) is 47.5 Å². The van der Waals surface area contributed by atoms with E-state index in [2.05, 4.69) is 29.0 Å². The maximum Gasteiger partial charge on any atom is 0.164 e. The summed E-state index contributed by atoms with van der Waals surface area (Å²) in [7, 11) is 8.96. The van der Waals surface area contributed by atoms with Crippen molar-refractivity contribution < 1.29 is 18.9 Å². The highest BCUT2D eigenvalue weighted by Gasteiger charge is 2.21. The Labute approximate surface area is 193 Å². The normalized spacial score (nSPS) is 15.1. The number of rotatable bonds is 11. The Morgan fingerprint density at radius 1 is 0.844 bits per heavy atom. The molecule has 176 valence electrons. The van der Waals surface area contributed by atoms with Gasteiger partial charge in [-0.05, 0) is 69.1 Å². The van der Waals surface area contributed by atoms with Gasteiger partial charge in [-0.15, -0.1) is 0 Å². The second kappa shape index (κ2) is 12.0. The molecule has 1 aliphatic heterocycles. The molecule has 0 radical (unpaired) electrons. The number of piperidine rings is 1. The van der Waals surface area contributed by atoms with Crippen LogP contribution in [0.2, 0.25) is 0 Å². The summed E-state index contributed by atoms with van der Waals surface area (Å²) < 4.78 is 22.0. The minimum atomic E-state index is 0.688. The molecule has 0 saturated carbocycles. The summed E-state index contributed by atoms with van der Waals surface area (Å²) in [4.78, 5) is 4.99. The molecule has 1 fully saturated rings. The molecule has 0 unspecified atom stereocenters. The van der Waals surface area contributed by atoms with Crippen molar-refractivity contribution >= 4 is 0 Å². The molecule has 0 spiro atoms. The van der Waals surface area contributed by atoms with Crippen LogP contribution in [0, 0.1) is 5.92 Å². The van der Waals surface area contributed by atoms with Crippen molar-refractivity contribution in [2.45, 2.75) is 25.8 Å². The largest absolute Gasteiger partial charge is 0.497 e. The molecule has 1 heterocycles. The van der Waals surface area contributed by atoms with Gasteiger partial charge in [0.1, 0.15) is 11.5 Å². The quantitative estimate of drug-likeness (QED) is 0.522. The molecule has 32 heavy (non-hydrogen) atoms. The number of likely N-dealkylation sites (tertiary alicyclic amines) is 1. The number of methoxy groups -OCH3 is 4. The van der Waals surface area contributed by atoms with Crippen LogP contribution in [0.4, 0.5) is 0 Å². The van der Waals surface area contributed by atoms with Crippen molar-refractivity contribution in [3.63, 3.8) is 0 Å². The minimum absolute atomic E-state index is 0.688. The molecule has 0 amide bonds. The molecule has 2 aromatic rings.